The number of rotatable bonds is 0. The summed E-state index contributed by atoms with van der Waals surface area (Å²) in [7, 11) is 0. The Morgan fingerprint density at radius 1 is 0.500 bits per heavy atom. The van der Waals surface area contributed by atoms with Crippen molar-refractivity contribution in [2.45, 2.75) is 60.2 Å². The van der Waals surface area contributed by atoms with Crippen molar-refractivity contribution >= 4 is 0 Å². The van der Waals surface area contributed by atoms with E-state index in [-0.39, 0.29) is 13.8 Å². The van der Waals surface area contributed by atoms with Crippen molar-refractivity contribution in [3.05, 3.63) is 33.9 Å². The number of halogens is 14. The standard InChI is InChI=1S/C16H6F14/c1-3-4(2)10(20)7-5(9(3,19)13(23,24)14(10,25)26)6(17)8(18)12(22)11(7,21)15(27,28)16(12,29)30/h1-2H3. The van der Waals surface area contributed by atoms with Crippen molar-refractivity contribution < 1.29 is 61.5 Å². The summed E-state index contributed by atoms with van der Waals surface area (Å²) in [5, 5.41) is 0. The lowest BCUT2D eigenvalue weighted by atomic mass is 9.45. The highest BCUT2D eigenvalue weighted by Crippen LogP contribution is 2.82. The highest BCUT2D eigenvalue weighted by Gasteiger charge is 3.05. The van der Waals surface area contributed by atoms with Gasteiger partial charge in [0.2, 0.25) is 11.3 Å². The number of alkyl halides is 12. The summed E-state index contributed by atoms with van der Waals surface area (Å²) in [6, 6.07) is 0. The molecule has 1 saturated carbocycles. The van der Waals surface area contributed by atoms with Gasteiger partial charge in [-0.05, 0) is 25.0 Å². The molecule has 5 aliphatic carbocycles. The maximum atomic E-state index is 15.5. The van der Waals surface area contributed by atoms with Crippen LogP contribution in [-0.2, 0) is 0 Å². The van der Waals surface area contributed by atoms with E-state index in [0.29, 0.717) is 0 Å². The molecule has 0 nitrogen and oxygen atoms in total. The monoisotopic (exact) mass is 464 g/mol. The average Bonchev–Trinajstić information content (AvgIpc) is 2.63. The van der Waals surface area contributed by atoms with E-state index in [0.717, 1.165) is 0 Å². The molecular weight excluding hydrogens is 458 g/mol. The zero-order valence-electron chi connectivity index (χ0n) is 14.3. The summed E-state index contributed by atoms with van der Waals surface area (Å²) in [5.41, 5.74) is -33.3. The minimum atomic E-state index is -6.54. The molecule has 4 unspecified atom stereocenters. The minimum absolute atomic E-state index is 0.0986. The van der Waals surface area contributed by atoms with Crippen LogP contribution < -0.4 is 0 Å². The lowest BCUT2D eigenvalue weighted by Crippen LogP contribution is -2.91. The van der Waals surface area contributed by atoms with Gasteiger partial charge in [-0.25, -0.2) is 26.3 Å². The summed E-state index contributed by atoms with van der Waals surface area (Å²) in [5.74, 6) is -33.0. The average molecular weight is 464 g/mol. The van der Waals surface area contributed by atoms with Gasteiger partial charge in [-0.15, -0.1) is 0 Å². The highest BCUT2D eigenvalue weighted by molar-refractivity contribution is 5.74. The second-order valence-electron chi connectivity index (χ2n) is 7.56. The normalized spacial score (nSPS) is 47.2. The Morgan fingerprint density at radius 3 is 1.33 bits per heavy atom. The molecule has 5 aliphatic rings. The minimum Gasteiger partial charge on any atom is -0.227 e. The van der Waals surface area contributed by atoms with Gasteiger partial charge in [0.1, 0.15) is 0 Å². The predicted molar refractivity (Wildman–Crippen MR) is 69.8 cm³/mol. The fraction of sp³-hybridized carbons (Fsp3) is 0.625. The predicted octanol–water partition coefficient (Wildman–Crippen LogP) is 6.20. The molecule has 1 fully saturated rings. The van der Waals surface area contributed by atoms with Crippen LogP contribution in [0, 0.1) is 0 Å². The number of fused-ring (bicyclic) bond motifs is 2. The topological polar surface area (TPSA) is 0 Å². The lowest BCUT2D eigenvalue weighted by Gasteiger charge is -2.66. The van der Waals surface area contributed by atoms with Crippen LogP contribution in [0.2, 0.25) is 0 Å². The summed E-state index contributed by atoms with van der Waals surface area (Å²) in [6.07, 6.45) is 0. The van der Waals surface area contributed by atoms with E-state index < -0.39 is 80.3 Å². The van der Waals surface area contributed by atoms with Gasteiger partial charge in [-0.3, -0.25) is 0 Å². The summed E-state index contributed by atoms with van der Waals surface area (Å²) >= 11 is 0. The Balaban J connectivity index is 2.28. The Bertz CT molecular complexity index is 1020. The van der Waals surface area contributed by atoms with Crippen LogP contribution >= 0.6 is 0 Å². The van der Waals surface area contributed by atoms with E-state index in [1.807, 2.05) is 0 Å². The lowest BCUT2D eigenvalue weighted by molar-refractivity contribution is -0.427. The van der Waals surface area contributed by atoms with Crippen LogP contribution in [0.15, 0.2) is 33.9 Å². The maximum Gasteiger partial charge on any atom is 0.357 e. The first kappa shape index (κ1) is 21.5. The van der Waals surface area contributed by atoms with Crippen LogP contribution in [-0.4, -0.2) is 46.4 Å². The van der Waals surface area contributed by atoms with Gasteiger partial charge in [-0.1, -0.05) is 0 Å². The van der Waals surface area contributed by atoms with E-state index in [2.05, 4.69) is 0 Å². The largest absolute Gasteiger partial charge is 0.357 e. The van der Waals surface area contributed by atoms with Gasteiger partial charge in [0, 0.05) is 11.1 Å². The van der Waals surface area contributed by atoms with Gasteiger partial charge in [0.25, 0.3) is 11.3 Å². The molecule has 0 saturated heterocycles. The van der Waals surface area contributed by atoms with Crippen molar-refractivity contribution in [2.75, 3.05) is 0 Å². The van der Waals surface area contributed by atoms with E-state index in [1.165, 1.54) is 0 Å². The Kier molecular flexibility index (Phi) is 3.25. The maximum absolute atomic E-state index is 15.5. The number of hydrogen-bond acceptors (Lipinski definition) is 0. The molecule has 0 aromatic heterocycles. The third-order valence-corrected chi connectivity index (χ3v) is 6.59. The van der Waals surface area contributed by atoms with Gasteiger partial charge in [0.15, 0.2) is 11.7 Å². The molecule has 0 heterocycles. The highest BCUT2D eigenvalue weighted by atomic mass is 19.3. The zero-order chi connectivity index (χ0) is 23.5. The molecule has 0 N–H and O–H groups in total. The SMILES string of the molecule is CC1=C(C)C2(F)C3=C(C(F)=C(F)C4(F)C(F)(F)C(F)(F)C34F)C1(F)C(F)(F)C2(F)F. The zero-order valence-corrected chi connectivity index (χ0v) is 14.3. The first-order valence-corrected chi connectivity index (χ1v) is 7.90. The summed E-state index contributed by atoms with van der Waals surface area (Å²) in [6.45, 7) is 0.277. The fourth-order valence-electron chi connectivity index (χ4n) is 4.81. The van der Waals surface area contributed by atoms with Crippen molar-refractivity contribution in [1.82, 2.24) is 0 Å². The molecule has 0 radical (unpaired) electrons. The Morgan fingerprint density at radius 2 is 0.867 bits per heavy atom. The van der Waals surface area contributed by atoms with Crippen molar-refractivity contribution in [3.63, 3.8) is 0 Å². The molecule has 30 heavy (non-hydrogen) atoms. The number of allylic oxidation sites excluding steroid dienone is 6. The molecule has 168 valence electrons. The Labute approximate surface area is 156 Å². The summed E-state index contributed by atoms with van der Waals surface area (Å²) in [4.78, 5) is 0. The smallest absolute Gasteiger partial charge is 0.227 e. The third kappa shape index (κ3) is 1.30. The van der Waals surface area contributed by atoms with Crippen LogP contribution in [0.4, 0.5) is 61.5 Å². The molecule has 2 bridgehead atoms. The van der Waals surface area contributed by atoms with Crippen LogP contribution in [0.1, 0.15) is 13.8 Å². The first-order chi connectivity index (χ1) is 13.1. The first-order valence-electron chi connectivity index (χ1n) is 7.90. The van der Waals surface area contributed by atoms with Crippen molar-refractivity contribution in [2.24, 2.45) is 0 Å². The quantitative estimate of drug-likeness (QED) is 0.296. The van der Waals surface area contributed by atoms with Gasteiger partial charge in [-0.2, -0.15) is 35.1 Å². The Hall–Kier alpha value is -1.76. The van der Waals surface area contributed by atoms with Gasteiger partial charge >= 0.3 is 23.7 Å². The molecular formula is C16H6F14. The van der Waals surface area contributed by atoms with E-state index in [1.54, 1.807) is 0 Å². The third-order valence-electron chi connectivity index (χ3n) is 6.59. The van der Waals surface area contributed by atoms with E-state index in [4.69, 9.17) is 0 Å². The van der Waals surface area contributed by atoms with Crippen LogP contribution in [0.3, 0.4) is 0 Å². The van der Waals surface area contributed by atoms with E-state index in [9.17, 15) is 48.3 Å². The molecule has 5 rings (SSSR count). The molecule has 0 spiro atoms. The summed E-state index contributed by atoms with van der Waals surface area (Å²) < 4.78 is 202. The second-order valence-corrected chi connectivity index (χ2v) is 7.56. The molecule has 0 aromatic rings. The molecule has 0 amide bonds. The second kappa shape index (κ2) is 4.54. The number of hydrogen-bond donors (Lipinski definition) is 0. The fourth-order valence-corrected chi connectivity index (χ4v) is 4.81. The van der Waals surface area contributed by atoms with Crippen LogP contribution in [0.25, 0.3) is 0 Å². The van der Waals surface area contributed by atoms with Crippen molar-refractivity contribution in [1.29, 1.82) is 0 Å². The molecule has 0 aliphatic heterocycles. The molecule has 14 heteroatoms. The van der Waals surface area contributed by atoms with Gasteiger partial charge in [0.05, 0.1) is 0 Å². The molecule has 4 atom stereocenters. The van der Waals surface area contributed by atoms with Crippen LogP contribution in [0.5, 0.6) is 0 Å². The van der Waals surface area contributed by atoms with Crippen molar-refractivity contribution in [3.8, 4) is 0 Å². The molecule has 0 aromatic carbocycles. The van der Waals surface area contributed by atoms with E-state index >= 15 is 13.2 Å². The van der Waals surface area contributed by atoms with Gasteiger partial charge < -0.3 is 0 Å².